The van der Waals surface area contributed by atoms with E-state index in [1.807, 2.05) is 0 Å². The number of benzene rings is 2. The summed E-state index contributed by atoms with van der Waals surface area (Å²) in [6.45, 7) is -0.509. The summed E-state index contributed by atoms with van der Waals surface area (Å²) in [5, 5.41) is 13.6. The summed E-state index contributed by atoms with van der Waals surface area (Å²) in [7, 11) is 0. The number of nitro groups is 1. The van der Waals surface area contributed by atoms with Gasteiger partial charge in [0.15, 0.2) is 6.61 Å². The minimum absolute atomic E-state index is 0.187. The molecule has 2 aromatic rings. The van der Waals surface area contributed by atoms with Gasteiger partial charge < -0.3 is 10.1 Å². The van der Waals surface area contributed by atoms with Crippen molar-refractivity contribution in [3.63, 3.8) is 0 Å². The summed E-state index contributed by atoms with van der Waals surface area (Å²) in [6, 6.07) is 11.0. The molecular weight excluding hydrogens is 394 g/mol. The van der Waals surface area contributed by atoms with Crippen LogP contribution < -0.4 is 15.0 Å². The summed E-state index contributed by atoms with van der Waals surface area (Å²) in [5.74, 6) is -0.561. The van der Waals surface area contributed by atoms with E-state index in [0.717, 1.165) is 0 Å². The Morgan fingerprint density at radius 3 is 2.80 bits per heavy atom. The molecule has 3 rings (SSSR count). The van der Waals surface area contributed by atoms with Crippen LogP contribution >= 0.6 is 15.9 Å². The maximum atomic E-state index is 12.3. The molecule has 2 aromatic carbocycles. The predicted octanol–water partition coefficient (Wildman–Crippen LogP) is 2.72. The number of nitrogens with one attached hydrogen (secondary N) is 1. The van der Waals surface area contributed by atoms with Gasteiger partial charge >= 0.3 is 0 Å². The van der Waals surface area contributed by atoms with E-state index in [1.54, 1.807) is 24.3 Å². The fourth-order valence-electron chi connectivity index (χ4n) is 2.37. The van der Waals surface area contributed by atoms with Crippen molar-refractivity contribution in [1.29, 1.82) is 0 Å². The van der Waals surface area contributed by atoms with Crippen molar-refractivity contribution in [2.75, 3.05) is 23.4 Å². The van der Waals surface area contributed by atoms with Crippen LogP contribution in [0.15, 0.2) is 46.9 Å². The Kier molecular flexibility index (Phi) is 4.66. The van der Waals surface area contributed by atoms with Crippen LogP contribution in [-0.2, 0) is 9.59 Å². The third-order valence-corrected chi connectivity index (χ3v) is 4.24. The summed E-state index contributed by atoms with van der Waals surface area (Å²) in [4.78, 5) is 36.0. The number of rotatable bonds is 4. The smallest absolute Gasteiger partial charge is 0.271 e. The number of fused-ring (bicyclic) bond motifs is 1. The lowest BCUT2D eigenvalue weighted by Crippen LogP contribution is -2.43. The van der Waals surface area contributed by atoms with Crippen molar-refractivity contribution in [1.82, 2.24) is 0 Å². The molecule has 0 spiro atoms. The summed E-state index contributed by atoms with van der Waals surface area (Å²) in [6.07, 6.45) is 0. The lowest BCUT2D eigenvalue weighted by Gasteiger charge is -2.28. The Balaban J connectivity index is 1.84. The number of ether oxygens (including phenoxy) is 1. The van der Waals surface area contributed by atoms with Gasteiger partial charge in [-0.1, -0.05) is 12.1 Å². The van der Waals surface area contributed by atoms with Gasteiger partial charge in [0, 0.05) is 16.6 Å². The average Bonchev–Trinajstić information content (AvgIpc) is 2.59. The van der Waals surface area contributed by atoms with Crippen molar-refractivity contribution < 1.29 is 19.2 Å². The van der Waals surface area contributed by atoms with Gasteiger partial charge in [0.2, 0.25) is 5.91 Å². The molecule has 1 aliphatic rings. The molecule has 2 amide bonds. The molecule has 8 nitrogen and oxygen atoms in total. The Morgan fingerprint density at radius 1 is 1.32 bits per heavy atom. The average molecular weight is 406 g/mol. The van der Waals surface area contributed by atoms with E-state index in [2.05, 4.69) is 21.2 Å². The van der Waals surface area contributed by atoms with Gasteiger partial charge in [-0.3, -0.25) is 24.6 Å². The van der Waals surface area contributed by atoms with Crippen molar-refractivity contribution in [2.45, 2.75) is 0 Å². The zero-order chi connectivity index (χ0) is 18.0. The fourth-order valence-corrected chi connectivity index (χ4v) is 2.76. The first-order chi connectivity index (χ1) is 12.0. The predicted molar refractivity (Wildman–Crippen MR) is 93.7 cm³/mol. The molecule has 0 radical (unpaired) electrons. The van der Waals surface area contributed by atoms with Crippen LogP contribution in [0.3, 0.4) is 0 Å². The Morgan fingerprint density at radius 2 is 2.08 bits per heavy atom. The third kappa shape index (κ3) is 3.61. The molecule has 1 heterocycles. The van der Waals surface area contributed by atoms with E-state index in [1.165, 1.54) is 23.1 Å². The molecular formula is C16H12BrN3O5. The molecule has 1 aliphatic heterocycles. The second-order valence-corrected chi connectivity index (χ2v) is 6.06. The standard InChI is InChI=1S/C16H12BrN3O5/c17-11-3-1-2-4-12(11)18-15(21)8-19-13-7-10(20(23)24)5-6-14(13)25-9-16(19)22/h1-7H,8-9H2,(H,18,21). The molecule has 25 heavy (non-hydrogen) atoms. The zero-order valence-corrected chi connectivity index (χ0v) is 14.4. The fraction of sp³-hybridized carbons (Fsp3) is 0.125. The first kappa shape index (κ1) is 16.9. The Labute approximate surface area is 150 Å². The molecule has 0 saturated heterocycles. The second-order valence-electron chi connectivity index (χ2n) is 5.21. The van der Waals surface area contributed by atoms with Gasteiger partial charge in [0.1, 0.15) is 12.3 Å². The van der Waals surface area contributed by atoms with Crippen LogP contribution in [0.4, 0.5) is 17.1 Å². The first-order valence-corrected chi connectivity index (χ1v) is 8.01. The highest BCUT2D eigenvalue weighted by atomic mass is 79.9. The van der Waals surface area contributed by atoms with Gasteiger partial charge in [0.25, 0.3) is 11.6 Å². The van der Waals surface area contributed by atoms with Crippen LogP contribution in [-0.4, -0.2) is 29.9 Å². The summed E-state index contributed by atoms with van der Waals surface area (Å²) < 4.78 is 5.97. The molecule has 0 fully saturated rings. The first-order valence-electron chi connectivity index (χ1n) is 7.21. The van der Waals surface area contributed by atoms with Gasteiger partial charge in [-0.15, -0.1) is 0 Å². The molecule has 9 heteroatoms. The lowest BCUT2D eigenvalue weighted by atomic mass is 10.2. The largest absolute Gasteiger partial charge is 0.482 e. The molecule has 1 N–H and O–H groups in total. The van der Waals surface area contributed by atoms with Crippen molar-refractivity contribution >= 4 is 44.8 Å². The SMILES string of the molecule is O=C(CN1C(=O)COc2ccc([N+](=O)[O-])cc21)Nc1ccccc1Br. The van der Waals surface area contributed by atoms with E-state index in [-0.39, 0.29) is 24.5 Å². The highest BCUT2D eigenvalue weighted by molar-refractivity contribution is 9.10. The zero-order valence-electron chi connectivity index (χ0n) is 12.8. The van der Waals surface area contributed by atoms with Crippen molar-refractivity contribution in [3.05, 3.63) is 57.1 Å². The maximum absolute atomic E-state index is 12.3. The van der Waals surface area contributed by atoms with Gasteiger partial charge in [-0.25, -0.2) is 0 Å². The van der Waals surface area contributed by atoms with Crippen LogP contribution in [0.2, 0.25) is 0 Å². The minimum Gasteiger partial charge on any atom is -0.482 e. The van der Waals surface area contributed by atoms with Gasteiger partial charge in [-0.2, -0.15) is 0 Å². The molecule has 0 unspecified atom stereocenters. The number of hydrogen-bond acceptors (Lipinski definition) is 5. The van der Waals surface area contributed by atoms with Crippen LogP contribution in [0.25, 0.3) is 0 Å². The number of nitro benzene ring substituents is 1. The van der Waals surface area contributed by atoms with E-state index < -0.39 is 16.7 Å². The molecule has 128 valence electrons. The normalized spacial score (nSPS) is 13.0. The minimum atomic E-state index is -0.571. The molecule has 0 saturated carbocycles. The number of nitrogens with zero attached hydrogens (tertiary/aromatic N) is 2. The number of hydrogen-bond donors (Lipinski definition) is 1. The van der Waals surface area contributed by atoms with Crippen molar-refractivity contribution in [2.24, 2.45) is 0 Å². The van der Waals surface area contributed by atoms with E-state index in [9.17, 15) is 19.7 Å². The van der Waals surface area contributed by atoms with Gasteiger partial charge in [0.05, 0.1) is 16.3 Å². The Hall–Kier alpha value is -2.94. The number of halogens is 1. The van der Waals surface area contributed by atoms with Gasteiger partial charge in [-0.05, 0) is 34.1 Å². The van der Waals surface area contributed by atoms with E-state index in [4.69, 9.17) is 4.74 Å². The highest BCUT2D eigenvalue weighted by Crippen LogP contribution is 2.35. The summed E-state index contributed by atoms with van der Waals surface area (Å²) in [5.41, 5.74) is 0.577. The monoisotopic (exact) mass is 405 g/mol. The number of amides is 2. The topological polar surface area (TPSA) is 102 Å². The van der Waals surface area contributed by atoms with Crippen LogP contribution in [0.5, 0.6) is 5.75 Å². The maximum Gasteiger partial charge on any atom is 0.271 e. The highest BCUT2D eigenvalue weighted by Gasteiger charge is 2.29. The summed E-state index contributed by atoms with van der Waals surface area (Å²) >= 11 is 3.32. The number of para-hydroxylation sites is 1. The Bertz CT molecular complexity index is 871. The lowest BCUT2D eigenvalue weighted by molar-refractivity contribution is -0.384. The van der Waals surface area contributed by atoms with Crippen molar-refractivity contribution in [3.8, 4) is 5.75 Å². The van der Waals surface area contributed by atoms with Crippen LogP contribution in [0.1, 0.15) is 0 Å². The van der Waals surface area contributed by atoms with E-state index >= 15 is 0 Å². The quantitative estimate of drug-likeness (QED) is 0.622. The molecule has 0 aliphatic carbocycles. The number of anilines is 2. The molecule has 0 aromatic heterocycles. The number of carbonyl (C=O) groups excluding carboxylic acids is 2. The molecule has 0 atom stereocenters. The van der Waals surface area contributed by atoms with E-state index in [0.29, 0.717) is 15.9 Å². The second kappa shape index (κ2) is 6.89. The number of non-ortho nitro benzene ring substituents is 1. The molecule has 0 bridgehead atoms. The van der Waals surface area contributed by atoms with Crippen LogP contribution in [0, 0.1) is 10.1 Å². The third-order valence-electron chi connectivity index (χ3n) is 3.55. The number of carbonyl (C=O) groups is 2.